The van der Waals surface area contributed by atoms with Gasteiger partial charge in [0.1, 0.15) is 0 Å². The Morgan fingerprint density at radius 2 is 0.857 bits per heavy atom. The molecule has 0 aliphatic heterocycles. The zero-order valence-electron chi connectivity index (χ0n) is 26.2. The van der Waals surface area contributed by atoms with E-state index in [0.717, 1.165) is 55.2 Å². The summed E-state index contributed by atoms with van der Waals surface area (Å²) in [6.45, 7) is 0. The maximum absolute atomic E-state index is 4.94. The molecule has 10 rings (SSSR count). The Morgan fingerprint density at radius 1 is 0.347 bits per heavy atom. The van der Waals surface area contributed by atoms with Gasteiger partial charge in [0.05, 0.1) is 22.1 Å². The highest BCUT2D eigenvalue weighted by atomic mass is 15.0. The van der Waals surface area contributed by atoms with E-state index in [0.29, 0.717) is 17.5 Å². The number of para-hydroxylation sites is 1. The van der Waals surface area contributed by atoms with E-state index in [1.54, 1.807) is 12.4 Å². The lowest BCUT2D eigenvalue weighted by molar-refractivity contribution is 1.07. The molecule has 0 aliphatic carbocycles. The molecule has 6 nitrogen and oxygen atoms in total. The Labute approximate surface area is 281 Å². The van der Waals surface area contributed by atoms with Gasteiger partial charge < -0.3 is 4.57 Å². The van der Waals surface area contributed by atoms with Gasteiger partial charge in [0.15, 0.2) is 17.5 Å². The molecule has 0 aliphatic rings. The Morgan fingerprint density at radius 3 is 1.49 bits per heavy atom. The highest BCUT2D eigenvalue weighted by Crippen LogP contribution is 2.40. The largest absolute Gasteiger partial charge is 0.309 e. The predicted octanol–water partition coefficient (Wildman–Crippen LogP) is 10.2. The van der Waals surface area contributed by atoms with Crippen molar-refractivity contribution in [1.29, 1.82) is 0 Å². The van der Waals surface area contributed by atoms with Crippen LogP contribution in [-0.4, -0.2) is 29.5 Å². The van der Waals surface area contributed by atoms with Crippen LogP contribution >= 0.6 is 0 Å². The fourth-order valence-electron chi connectivity index (χ4n) is 7.07. The molecule has 0 spiro atoms. The molecule has 3 aromatic heterocycles. The van der Waals surface area contributed by atoms with Gasteiger partial charge in [-0.2, -0.15) is 0 Å². The minimum Gasteiger partial charge on any atom is -0.309 e. The first kappa shape index (κ1) is 27.3. The minimum absolute atomic E-state index is 0.629. The van der Waals surface area contributed by atoms with E-state index in [-0.39, 0.29) is 0 Å². The molecule has 0 unspecified atom stereocenters. The molecule has 0 amide bonds. The quantitative estimate of drug-likeness (QED) is 0.182. The third kappa shape index (κ3) is 4.38. The topological polar surface area (TPSA) is 69.4 Å². The Balaban J connectivity index is 1.18. The normalized spacial score (nSPS) is 11.7. The van der Waals surface area contributed by atoms with E-state index in [1.165, 1.54) is 21.5 Å². The average Bonchev–Trinajstić information content (AvgIpc) is 3.51. The number of hydrogen-bond donors (Lipinski definition) is 0. The molecular weight excluding hydrogens is 601 g/mol. The monoisotopic (exact) mass is 626 g/mol. The van der Waals surface area contributed by atoms with Crippen LogP contribution in [0.5, 0.6) is 0 Å². The summed E-state index contributed by atoms with van der Waals surface area (Å²) in [5.41, 5.74) is 7.93. The van der Waals surface area contributed by atoms with Gasteiger partial charge in [-0.3, -0.25) is 9.97 Å². The van der Waals surface area contributed by atoms with Gasteiger partial charge in [0.2, 0.25) is 0 Å². The molecule has 0 saturated carbocycles. The van der Waals surface area contributed by atoms with Gasteiger partial charge in [0.25, 0.3) is 0 Å². The molecule has 10 aromatic rings. The SMILES string of the molecule is c1ccc(-c2nc(-c3ccccc3)nc(-c3ccc(-n4c5ccccc5c5cc6c7ccccc7c7nccnc7c6cc54)cc3)n2)cc1. The van der Waals surface area contributed by atoms with E-state index in [2.05, 4.69) is 89.5 Å². The Kier molecular flexibility index (Phi) is 6.08. The molecule has 6 heteroatoms. The molecule has 0 radical (unpaired) electrons. The third-order valence-corrected chi connectivity index (χ3v) is 9.32. The smallest absolute Gasteiger partial charge is 0.164 e. The van der Waals surface area contributed by atoms with Crippen LogP contribution in [0.15, 0.2) is 158 Å². The van der Waals surface area contributed by atoms with Crippen LogP contribution < -0.4 is 0 Å². The minimum atomic E-state index is 0.629. The maximum Gasteiger partial charge on any atom is 0.164 e. The summed E-state index contributed by atoms with van der Waals surface area (Å²) < 4.78 is 2.34. The molecule has 228 valence electrons. The van der Waals surface area contributed by atoms with Crippen LogP contribution in [0.25, 0.3) is 94.2 Å². The molecule has 0 fully saturated rings. The van der Waals surface area contributed by atoms with Gasteiger partial charge in [-0.05, 0) is 53.2 Å². The van der Waals surface area contributed by atoms with Crippen molar-refractivity contribution in [2.24, 2.45) is 0 Å². The summed E-state index contributed by atoms with van der Waals surface area (Å²) in [6, 6.07) is 50.3. The van der Waals surface area contributed by atoms with Crippen molar-refractivity contribution < 1.29 is 0 Å². The van der Waals surface area contributed by atoms with Crippen LogP contribution in [-0.2, 0) is 0 Å². The number of hydrogen-bond acceptors (Lipinski definition) is 5. The summed E-state index contributed by atoms with van der Waals surface area (Å²) in [5.74, 6) is 1.92. The van der Waals surface area contributed by atoms with Crippen molar-refractivity contribution in [2.75, 3.05) is 0 Å². The van der Waals surface area contributed by atoms with Crippen LogP contribution in [0, 0.1) is 0 Å². The fraction of sp³-hybridized carbons (Fsp3) is 0. The van der Waals surface area contributed by atoms with Crippen molar-refractivity contribution in [3.8, 4) is 39.9 Å². The fourth-order valence-corrected chi connectivity index (χ4v) is 7.07. The van der Waals surface area contributed by atoms with E-state index in [4.69, 9.17) is 24.9 Å². The predicted molar refractivity (Wildman–Crippen MR) is 199 cm³/mol. The Hall–Kier alpha value is -6.79. The summed E-state index contributed by atoms with van der Waals surface area (Å²) in [7, 11) is 0. The lowest BCUT2D eigenvalue weighted by Gasteiger charge is -2.12. The van der Waals surface area contributed by atoms with E-state index >= 15 is 0 Å². The lowest BCUT2D eigenvalue weighted by Crippen LogP contribution is -2.00. The first-order valence-electron chi connectivity index (χ1n) is 16.3. The zero-order valence-corrected chi connectivity index (χ0v) is 26.2. The number of aromatic nitrogens is 6. The van der Waals surface area contributed by atoms with Crippen molar-refractivity contribution >= 4 is 54.4 Å². The third-order valence-electron chi connectivity index (χ3n) is 9.32. The van der Waals surface area contributed by atoms with Crippen LogP contribution in [0.1, 0.15) is 0 Å². The van der Waals surface area contributed by atoms with Crippen LogP contribution in [0.4, 0.5) is 0 Å². The molecule has 0 N–H and O–H groups in total. The maximum atomic E-state index is 4.94. The molecule has 0 saturated heterocycles. The highest BCUT2D eigenvalue weighted by molar-refractivity contribution is 6.27. The second-order valence-corrected chi connectivity index (χ2v) is 12.2. The van der Waals surface area contributed by atoms with Crippen molar-refractivity contribution in [3.63, 3.8) is 0 Å². The Bertz CT molecular complexity index is 2800. The summed E-state index contributed by atoms with van der Waals surface area (Å²) in [5, 5.41) is 6.94. The standard InChI is InChI=1S/C43H26N6/c1-3-11-27(12-4-1)41-46-42(28-13-5-2-6-14-28)48-43(47-41)29-19-21-30(22-20-29)49-37-18-10-9-16-32(37)35-25-34-31-15-7-8-17-33(31)39-40(45-24-23-44-39)36(34)26-38(35)49/h1-26H. The average molecular weight is 627 g/mol. The lowest BCUT2D eigenvalue weighted by atomic mass is 9.97. The summed E-state index contributed by atoms with van der Waals surface area (Å²) >= 11 is 0. The number of rotatable bonds is 4. The molecular formula is C43H26N6. The molecule has 7 aromatic carbocycles. The zero-order chi connectivity index (χ0) is 32.3. The number of fused-ring (bicyclic) bond motifs is 9. The molecule has 3 heterocycles. The number of nitrogens with zero attached hydrogens (tertiary/aromatic N) is 6. The van der Waals surface area contributed by atoms with E-state index < -0.39 is 0 Å². The van der Waals surface area contributed by atoms with Gasteiger partial charge in [0, 0.05) is 56.3 Å². The van der Waals surface area contributed by atoms with Gasteiger partial charge >= 0.3 is 0 Å². The van der Waals surface area contributed by atoms with Crippen LogP contribution in [0.2, 0.25) is 0 Å². The highest BCUT2D eigenvalue weighted by Gasteiger charge is 2.18. The van der Waals surface area contributed by atoms with Gasteiger partial charge in [-0.1, -0.05) is 103 Å². The van der Waals surface area contributed by atoms with Crippen molar-refractivity contribution in [2.45, 2.75) is 0 Å². The van der Waals surface area contributed by atoms with Crippen molar-refractivity contribution in [1.82, 2.24) is 29.5 Å². The second-order valence-electron chi connectivity index (χ2n) is 12.2. The van der Waals surface area contributed by atoms with Gasteiger partial charge in [-0.25, -0.2) is 15.0 Å². The summed E-state index contributed by atoms with van der Waals surface area (Å²) in [6.07, 6.45) is 3.55. The number of benzene rings is 7. The first-order valence-corrected chi connectivity index (χ1v) is 16.3. The van der Waals surface area contributed by atoms with Crippen LogP contribution in [0.3, 0.4) is 0 Å². The van der Waals surface area contributed by atoms with E-state index in [9.17, 15) is 0 Å². The second kappa shape index (κ2) is 10.9. The van der Waals surface area contributed by atoms with Gasteiger partial charge in [-0.15, -0.1) is 0 Å². The molecule has 49 heavy (non-hydrogen) atoms. The van der Waals surface area contributed by atoms with E-state index in [1.807, 2.05) is 60.7 Å². The van der Waals surface area contributed by atoms with Crippen molar-refractivity contribution in [3.05, 3.63) is 158 Å². The summed E-state index contributed by atoms with van der Waals surface area (Å²) in [4.78, 5) is 24.3. The molecule has 0 bridgehead atoms. The first-order chi connectivity index (χ1) is 24.3. The molecule has 0 atom stereocenters.